The average molecular weight is 321 g/mol. The van der Waals surface area contributed by atoms with Crippen molar-refractivity contribution < 1.29 is 0 Å². The van der Waals surface area contributed by atoms with E-state index in [0.717, 1.165) is 33.5 Å². The summed E-state index contributed by atoms with van der Waals surface area (Å²) in [6, 6.07) is 29.1. The molecule has 2 heterocycles. The third-order valence-electron chi connectivity index (χ3n) is 4.51. The molecule has 0 saturated heterocycles. The molecule has 0 radical (unpaired) electrons. The topological polar surface area (TPSA) is 30.7 Å². The lowest BCUT2D eigenvalue weighted by atomic mass is 10.1. The lowest BCUT2D eigenvalue weighted by molar-refractivity contribution is 1.11. The maximum Gasteiger partial charge on any atom is 0.149 e. The molecule has 0 atom stereocenters. The van der Waals surface area contributed by atoms with Gasteiger partial charge in [0.15, 0.2) is 0 Å². The van der Waals surface area contributed by atoms with E-state index in [0.29, 0.717) is 0 Å². The Labute approximate surface area is 145 Å². The molecule has 3 aromatic carbocycles. The maximum atomic E-state index is 4.63. The highest BCUT2D eigenvalue weighted by molar-refractivity contribution is 6.13. The first kappa shape index (κ1) is 13.9. The van der Waals surface area contributed by atoms with Gasteiger partial charge in [-0.1, -0.05) is 66.7 Å². The van der Waals surface area contributed by atoms with E-state index in [1.54, 1.807) is 6.33 Å². The number of rotatable bonds is 2. The van der Waals surface area contributed by atoms with Crippen LogP contribution >= 0.6 is 0 Å². The maximum absolute atomic E-state index is 4.63. The fourth-order valence-corrected chi connectivity index (χ4v) is 3.44. The molecule has 5 rings (SSSR count). The Bertz CT molecular complexity index is 1180. The molecule has 0 unspecified atom stereocenters. The van der Waals surface area contributed by atoms with Gasteiger partial charge in [0.05, 0.1) is 16.6 Å². The van der Waals surface area contributed by atoms with E-state index in [9.17, 15) is 0 Å². The third kappa shape index (κ3) is 2.13. The summed E-state index contributed by atoms with van der Waals surface area (Å²) in [5.74, 6) is 0. The Hall–Kier alpha value is -3.46. The van der Waals surface area contributed by atoms with Crippen LogP contribution in [0.25, 0.3) is 38.9 Å². The number of para-hydroxylation sites is 2. The average Bonchev–Trinajstić information content (AvgIpc) is 3.04. The van der Waals surface area contributed by atoms with Crippen LogP contribution in [0.4, 0.5) is 0 Å². The van der Waals surface area contributed by atoms with Gasteiger partial charge in [-0.25, -0.2) is 9.97 Å². The first-order valence-electron chi connectivity index (χ1n) is 8.28. The minimum absolute atomic E-state index is 0.932. The predicted molar refractivity (Wildman–Crippen MR) is 102 cm³/mol. The van der Waals surface area contributed by atoms with Crippen LogP contribution in [0.5, 0.6) is 0 Å². The molecule has 3 nitrogen and oxygen atoms in total. The van der Waals surface area contributed by atoms with Crippen LogP contribution in [0.3, 0.4) is 0 Å². The van der Waals surface area contributed by atoms with Crippen molar-refractivity contribution in [1.82, 2.24) is 14.5 Å². The number of hydrogen-bond donors (Lipinski definition) is 0. The van der Waals surface area contributed by atoms with Crippen molar-refractivity contribution in [3.63, 3.8) is 0 Å². The van der Waals surface area contributed by atoms with E-state index in [1.165, 1.54) is 5.39 Å². The second kappa shape index (κ2) is 5.56. The zero-order chi connectivity index (χ0) is 16.6. The van der Waals surface area contributed by atoms with Crippen molar-refractivity contribution in [2.24, 2.45) is 0 Å². The van der Waals surface area contributed by atoms with Crippen molar-refractivity contribution in [3.05, 3.63) is 91.3 Å². The summed E-state index contributed by atoms with van der Waals surface area (Å²) >= 11 is 0. The van der Waals surface area contributed by atoms with E-state index in [1.807, 2.05) is 24.3 Å². The molecule has 0 aliphatic heterocycles. The zero-order valence-electron chi connectivity index (χ0n) is 13.5. The van der Waals surface area contributed by atoms with Gasteiger partial charge in [-0.3, -0.25) is 4.57 Å². The molecule has 25 heavy (non-hydrogen) atoms. The first-order valence-corrected chi connectivity index (χ1v) is 8.28. The summed E-state index contributed by atoms with van der Waals surface area (Å²) in [6.07, 6.45) is 1.66. The van der Waals surface area contributed by atoms with Crippen LogP contribution in [0.2, 0.25) is 0 Å². The lowest BCUT2D eigenvalue weighted by Crippen LogP contribution is -1.96. The second-order valence-electron chi connectivity index (χ2n) is 5.98. The lowest BCUT2D eigenvalue weighted by Gasteiger charge is -2.07. The fraction of sp³-hybridized carbons (Fsp3) is 0. The number of fused-ring (bicyclic) bond motifs is 3. The van der Waals surface area contributed by atoms with Crippen LogP contribution in [-0.2, 0) is 0 Å². The molecule has 0 bridgehead atoms. The normalized spacial score (nSPS) is 11.2. The van der Waals surface area contributed by atoms with Crippen LogP contribution < -0.4 is 0 Å². The minimum Gasteiger partial charge on any atom is -0.294 e. The third-order valence-corrected chi connectivity index (χ3v) is 4.51. The van der Waals surface area contributed by atoms with Gasteiger partial charge in [0.2, 0.25) is 0 Å². The molecular formula is C22H15N3. The van der Waals surface area contributed by atoms with E-state index in [4.69, 9.17) is 0 Å². The standard InChI is InChI=1S/C22H15N3/c1-3-9-16(10-4-1)21-20-18-13-7-8-14-19(18)25(22(20)24-15-23-21)17-11-5-2-6-12-17/h1-15H. The second-order valence-corrected chi connectivity index (χ2v) is 5.98. The highest BCUT2D eigenvalue weighted by atomic mass is 15.1. The van der Waals surface area contributed by atoms with Gasteiger partial charge >= 0.3 is 0 Å². The summed E-state index contributed by atoms with van der Waals surface area (Å²) in [6.45, 7) is 0. The molecule has 5 aromatic rings. The number of benzene rings is 3. The van der Waals surface area contributed by atoms with Gasteiger partial charge in [0.25, 0.3) is 0 Å². The van der Waals surface area contributed by atoms with Crippen LogP contribution in [0, 0.1) is 0 Å². The minimum atomic E-state index is 0.932. The zero-order valence-corrected chi connectivity index (χ0v) is 13.5. The number of aromatic nitrogens is 3. The quantitative estimate of drug-likeness (QED) is 0.445. The summed E-state index contributed by atoms with van der Waals surface area (Å²) in [4.78, 5) is 9.24. The molecule has 0 fully saturated rings. The summed E-state index contributed by atoms with van der Waals surface area (Å²) in [5.41, 5.74) is 5.25. The largest absolute Gasteiger partial charge is 0.294 e. The molecule has 3 heteroatoms. The highest BCUT2D eigenvalue weighted by Crippen LogP contribution is 2.35. The van der Waals surface area contributed by atoms with Crippen molar-refractivity contribution in [2.45, 2.75) is 0 Å². The predicted octanol–water partition coefficient (Wildman–Crippen LogP) is 5.24. The van der Waals surface area contributed by atoms with Crippen molar-refractivity contribution in [1.29, 1.82) is 0 Å². The Kier molecular flexibility index (Phi) is 3.10. The Balaban J connectivity index is 1.96. The van der Waals surface area contributed by atoms with Crippen molar-refractivity contribution in [2.75, 3.05) is 0 Å². The Morgan fingerprint density at radius 3 is 2.12 bits per heavy atom. The molecule has 0 aliphatic rings. The molecule has 0 saturated carbocycles. The van der Waals surface area contributed by atoms with E-state index < -0.39 is 0 Å². The first-order chi connectivity index (χ1) is 12.4. The molecule has 0 spiro atoms. The van der Waals surface area contributed by atoms with Crippen molar-refractivity contribution >= 4 is 21.9 Å². The number of hydrogen-bond acceptors (Lipinski definition) is 2. The Morgan fingerprint density at radius 1 is 0.640 bits per heavy atom. The van der Waals surface area contributed by atoms with E-state index >= 15 is 0 Å². The van der Waals surface area contributed by atoms with Gasteiger partial charge in [0.1, 0.15) is 12.0 Å². The molecule has 0 amide bonds. The number of nitrogens with zero attached hydrogens (tertiary/aromatic N) is 3. The van der Waals surface area contributed by atoms with Gasteiger partial charge in [-0.15, -0.1) is 0 Å². The Morgan fingerprint density at radius 2 is 1.32 bits per heavy atom. The molecule has 0 N–H and O–H groups in total. The fourth-order valence-electron chi connectivity index (χ4n) is 3.44. The SMILES string of the molecule is c1ccc(-c2ncnc3c2c2ccccc2n3-c2ccccc2)cc1. The monoisotopic (exact) mass is 321 g/mol. The molecule has 118 valence electrons. The van der Waals surface area contributed by atoms with E-state index in [-0.39, 0.29) is 0 Å². The molecule has 2 aromatic heterocycles. The summed E-state index contributed by atoms with van der Waals surface area (Å²) < 4.78 is 2.21. The van der Waals surface area contributed by atoms with Crippen molar-refractivity contribution in [3.8, 4) is 16.9 Å². The summed E-state index contributed by atoms with van der Waals surface area (Å²) in [7, 11) is 0. The van der Waals surface area contributed by atoms with E-state index in [2.05, 4.69) is 75.2 Å². The summed E-state index contributed by atoms with van der Waals surface area (Å²) in [5, 5.41) is 2.26. The van der Waals surface area contributed by atoms with Gasteiger partial charge in [-0.2, -0.15) is 0 Å². The van der Waals surface area contributed by atoms with Gasteiger partial charge < -0.3 is 0 Å². The van der Waals surface area contributed by atoms with Crippen LogP contribution in [0.15, 0.2) is 91.3 Å². The molecular weight excluding hydrogens is 306 g/mol. The highest BCUT2D eigenvalue weighted by Gasteiger charge is 2.17. The molecule has 0 aliphatic carbocycles. The van der Waals surface area contributed by atoms with Gasteiger partial charge in [0, 0.05) is 16.6 Å². The van der Waals surface area contributed by atoms with Gasteiger partial charge in [-0.05, 0) is 18.2 Å². The smallest absolute Gasteiger partial charge is 0.149 e. The van der Waals surface area contributed by atoms with Crippen LogP contribution in [0.1, 0.15) is 0 Å². The van der Waals surface area contributed by atoms with Crippen LogP contribution in [-0.4, -0.2) is 14.5 Å².